The van der Waals surface area contributed by atoms with Gasteiger partial charge in [-0.3, -0.25) is 4.68 Å². The second-order valence-electron chi connectivity index (χ2n) is 3.65. The van der Waals surface area contributed by atoms with Crippen molar-refractivity contribution >= 4 is 27.5 Å². The molecule has 1 unspecified atom stereocenters. The first-order chi connectivity index (χ1) is 8.00. The molecule has 1 atom stereocenters. The number of hydrogen-bond donors (Lipinski definition) is 1. The fraction of sp³-hybridized carbons (Fsp3) is 0.182. The number of rotatable bonds is 2. The van der Waals surface area contributed by atoms with Crippen LogP contribution in [0.15, 0.2) is 28.9 Å². The fourth-order valence-electron chi connectivity index (χ4n) is 1.63. The van der Waals surface area contributed by atoms with E-state index in [2.05, 4.69) is 21.0 Å². The average Bonchev–Trinajstić information content (AvgIpc) is 2.62. The summed E-state index contributed by atoms with van der Waals surface area (Å²) in [5.74, 6) is -0.452. The number of hydrogen-bond acceptors (Lipinski definition) is 2. The van der Waals surface area contributed by atoms with Crippen molar-refractivity contribution in [3.8, 4) is 0 Å². The lowest BCUT2D eigenvalue weighted by atomic mass is 10.0. The summed E-state index contributed by atoms with van der Waals surface area (Å²) in [4.78, 5) is 0. The van der Waals surface area contributed by atoms with E-state index in [-0.39, 0.29) is 5.02 Å². The maximum absolute atomic E-state index is 13.1. The summed E-state index contributed by atoms with van der Waals surface area (Å²) in [6.45, 7) is 0. The quantitative estimate of drug-likeness (QED) is 0.925. The molecular weight excluding hydrogens is 308 g/mol. The molecule has 2 aromatic rings. The van der Waals surface area contributed by atoms with Crippen molar-refractivity contribution in [2.45, 2.75) is 6.04 Å². The summed E-state index contributed by atoms with van der Waals surface area (Å²) in [7, 11) is 1.80. The highest BCUT2D eigenvalue weighted by molar-refractivity contribution is 9.10. The van der Waals surface area contributed by atoms with Crippen molar-refractivity contribution in [2.24, 2.45) is 12.8 Å². The highest BCUT2D eigenvalue weighted by Crippen LogP contribution is 2.28. The van der Waals surface area contributed by atoms with E-state index in [9.17, 15) is 4.39 Å². The largest absolute Gasteiger partial charge is 0.319 e. The van der Waals surface area contributed by atoms with Crippen LogP contribution in [-0.2, 0) is 7.05 Å². The van der Waals surface area contributed by atoms with Gasteiger partial charge in [0.15, 0.2) is 0 Å². The molecule has 0 saturated carbocycles. The monoisotopic (exact) mass is 317 g/mol. The topological polar surface area (TPSA) is 43.8 Å². The van der Waals surface area contributed by atoms with Crippen LogP contribution in [-0.4, -0.2) is 9.78 Å². The van der Waals surface area contributed by atoms with Gasteiger partial charge in [-0.15, -0.1) is 0 Å². The van der Waals surface area contributed by atoms with Gasteiger partial charge in [-0.05, 0) is 33.6 Å². The molecule has 0 radical (unpaired) electrons. The lowest BCUT2D eigenvalue weighted by Gasteiger charge is -2.13. The predicted octanol–water partition coefficient (Wildman–Crippen LogP) is 3.02. The SMILES string of the molecule is Cn1ncc(Br)c1C(N)c1ccc(F)c(Cl)c1. The van der Waals surface area contributed by atoms with E-state index >= 15 is 0 Å². The van der Waals surface area contributed by atoms with E-state index in [1.165, 1.54) is 12.1 Å². The zero-order chi connectivity index (χ0) is 12.6. The van der Waals surface area contributed by atoms with Gasteiger partial charge in [0.25, 0.3) is 0 Å². The third-order valence-electron chi connectivity index (χ3n) is 2.53. The molecule has 0 saturated heterocycles. The first kappa shape index (κ1) is 12.5. The van der Waals surface area contributed by atoms with Gasteiger partial charge in [0.05, 0.1) is 27.4 Å². The van der Waals surface area contributed by atoms with Gasteiger partial charge in [-0.1, -0.05) is 17.7 Å². The zero-order valence-electron chi connectivity index (χ0n) is 8.99. The molecule has 1 heterocycles. The minimum absolute atomic E-state index is 0.0660. The zero-order valence-corrected chi connectivity index (χ0v) is 11.3. The second kappa shape index (κ2) is 4.76. The van der Waals surface area contributed by atoms with Crippen molar-refractivity contribution in [1.82, 2.24) is 9.78 Å². The summed E-state index contributed by atoms with van der Waals surface area (Å²) in [6, 6.07) is 4.05. The number of aromatic nitrogens is 2. The lowest BCUT2D eigenvalue weighted by Crippen LogP contribution is -2.16. The van der Waals surface area contributed by atoms with Crippen molar-refractivity contribution in [2.75, 3.05) is 0 Å². The summed E-state index contributed by atoms with van der Waals surface area (Å²) < 4.78 is 15.5. The van der Waals surface area contributed by atoms with Crippen LogP contribution in [0.4, 0.5) is 4.39 Å². The van der Waals surface area contributed by atoms with Crippen LogP contribution in [0, 0.1) is 5.82 Å². The van der Waals surface area contributed by atoms with Crippen LogP contribution in [0.3, 0.4) is 0 Å². The number of benzene rings is 1. The van der Waals surface area contributed by atoms with Gasteiger partial charge in [0, 0.05) is 7.05 Å². The van der Waals surface area contributed by atoms with Crippen LogP contribution in [0.25, 0.3) is 0 Å². The summed E-state index contributed by atoms with van der Waals surface area (Å²) in [5.41, 5.74) is 7.66. The second-order valence-corrected chi connectivity index (χ2v) is 4.91. The Labute approximate surface area is 112 Å². The third-order valence-corrected chi connectivity index (χ3v) is 3.44. The van der Waals surface area contributed by atoms with Gasteiger partial charge < -0.3 is 5.73 Å². The predicted molar refractivity (Wildman–Crippen MR) is 68.3 cm³/mol. The van der Waals surface area contributed by atoms with E-state index in [1.54, 1.807) is 24.0 Å². The van der Waals surface area contributed by atoms with Crippen LogP contribution in [0.2, 0.25) is 5.02 Å². The molecule has 1 aromatic carbocycles. The Kier molecular flexibility index (Phi) is 3.51. The normalized spacial score (nSPS) is 12.8. The fourth-order valence-corrected chi connectivity index (χ4v) is 2.42. The summed E-state index contributed by atoms with van der Waals surface area (Å²) in [6.07, 6.45) is 1.67. The number of halogens is 3. The van der Waals surface area contributed by atoms with Gasteiger partial charge in [-0.25, -0.2) is 4.39 Å². The molecular formula is C11H10BrClFN3. The molecule has 0 aliphatic heterocycles. The maximum atomic E-state index is 13.1. The molecule has 90 valence electrons. The van der Waals surface area contributed by atoms with Crippen molar-refractivity contribution < 1.29 is 4.39 Å². The molecule has 17 heavy (non-hydrogen) atoms. The molecule has 0 amide bonds. The molecule has 0 aliphatic rings. The van der Waals surface area contributed by atoms with Crippen LogP contribution in [0.5, 0.6) is 0 Å². The van der Waals surface area contributed by atoms with Gasteiger partial charge in [-0.2, -0.15) is 5.10 Å². The van der Waals surface area contributed by atoms with E-state index < -0.39 is 11.9 Å². The molecule has 0 spiro atoms. The molecule has 0 aliphatic carbocycles. The summed E-state index contributed by atoms with van der Waals surface area (Å²) >= 11 is 9.11. The maximum Gasteiger partial charge on any atom is 0.141 e. The standard InChI is InChI=1S/C11H10BrClFN3/c1-17-11(7(12)5-16-17)10(15)6-2-3-9(14)8(13)4-6/h2-5,10H,15H2,1H3. The molecule has 6 heteroatoms. The Morgan fingerprint density at radius 2 is 2.24 bits per heavy atom. The Balaban J connectivity index is 2.43. The van der Waals surface area contributed by atoms with Crippen LogP contribution in [0.1, 0.15) is 17.3 Å². The molecule has 0 bridgehead atoms. The lowest BCUT2D eigenvalue weighted by molar-refractivity contribution is 0.625. The minimum Gasteiger partial charge on any atom is -0.319 e. The highest BCUT2D eigenvalue weighted by Gasteiger charge is 2.17. The van der Waals surface area contributed by atoms with Gasteiger partial charge in [0.1, 0.15) is 5.82 Å². The van der Waals surface area contributed by atoms with E-state index in [0.717, 1.165) is 15.7 Å². The van der Waals surface area contributed by atoms with E-state index in [1.807, 2.05) is 0 Å². The van der Waals surface area contributed by atoms with Crippen LogP contribution < -0.4 is 5.73 Å². The van der Waals surface area contributed by atoms with Crippen LogP contribution >= 0.6 is 27.5 Å². The Morgan fingerprint density at radius 1 is 1.53 bits per heavy atom. The average molecular weight is 319 g/mol. The number of nitrogens with two attached hydrogens (primary N) is 1. The van der Waals surface area contributed by atoms with E-state index in [4.69, 9.17) is 17.3 Å². The summed E-state index contributed by atoms with van der Waals surface area (Å²) in [5, 5.41) is 4.15. The van der Waals surface area contributed by atoms with Crippen molar-refractivity contribution in [3.05, 3.63) is 51.0 Å². The first-order valence-corrected chi connectivity index (χ1v) is 6.05. The molecule has 3 nitrogen and oxygen atoms in total. The Bertz CT molecular complexity index is 536. The number of nitrogens with zero attached hydrogens (tertiary/aromatic N) is 2. The highest BCUT2D eigenvalue weighted by atomic mass is 79.9. The van der Waals surface area contributed by atoms with Crippen molar-refractivity contribution in [1.29, 1.82) is 0 Å². The van der Waals surface area contributed by atoms with Gasteiger partial charge in [0.2, 0.25) is 0 Å². The van der Waals surface area contributed by atoms with Crippen molar-refractivity contribution in [3.63, 3.8) is 0 Å². The molecule has 2 N–H and O–H groups in total. The molecule has 0 fully saturated rings. The molecule has 1 aromatic heterocycles. The minimum atomic E-state index is -0.452. The van der Waals surface area contributed by atoms with E-state index in [0.29, 0.717) is 0 Å². The smallest absolute Gasteiger partial charge is 0.141 e. The first-order valence-electron chi connectivity index (χ1n) is 4.88. The van der Waals surface area contributed by atoms with Gasteiger partial charge >= 0.3 is 0 Å². The molecule has 2 rings (SSSR count). The Morgan fingerprint density at radius 3 is 2.76 bits per heavy atom. The third kappa shape index (κ3) is 2.36. The Hall–Kier alpha value is -0.910. The number of aryl methyl sites for hydroxylation is 1.